The quantitative estimate of drug-likeness (QED) is 0.919. The predicted octanol–water partition coefficient (Wildman–Crippen LogP) is 2.46. The minimum Gasteiger partial charge on any atom is -0.330 e. The van der Waals surface area contributed by atoms with Crippen molar-refractivity contribution in [3.63, 3.8) is 0 Å². The number of nitrogens with zero attached hydrogens (tertiary/aromatic N) is 3. The van der Waals surface area contributed by atoms with Crippen LogP contribution in [0.3, 0.4) is 0 Å². The fraction of sp³-hybridized carbons (Fsp3) is 0.588. The summed E-state index contributed by atoms with van der Waals surface area (Å²) < 4.78 is 2.26. The van der Waals surface area contributed by atoms with E-state index in [9.17, 15) is 0 Å². The van der Waals surface area contributed by atoms with E-state index in [1.54, 1.807) is 0 Å². The molecule has 2 saturated heterocycles. The van der Waals surface area contributed by atoms with Gasteiger partial charge in [-0.2, -0.15) is 0 Å². The normalized spacial score (nSPS) is 27.9. The number of benzene rings is 1. The number of fused-ring (bicyclic) bond motifs is 3. The molecular formula is C17H24N4. The summed E-state index contributed by atoms with van der Waals surface area (Å²) in [6, 6.07) is 10.2. The third kappa shape index (κ3) is 2.27. The smallest absolute Gasteiger partial charge is 0.126 e. The van der Waals surface area contributed by atoms with Crippen LogP contribution in [0.15, 0.2) is 24.3 Å². The van der Waals surface area contributed by atoms with Crippen LogP contribution in [0, 0.1) is 0 Å². The lowest BCUT2D eigenvalue weighted by molar-refractivity contribution is 0.191. The molecule has 112 valence electrons. The lowest BCUT2D eigenvalue weighted by atomic mass is 10.1. The van der Waals surface area contributed by atoms with Crippen molar-refractivity contribution in [3.05, 3.63) is 30.1 Å². The van der Waals surface area contributed by atoms with E-state index in [2.05, 4.69) is 53.0 Å². The van der Waals surface area contributed by atoms with Gasteiger partial charge in [0.1, 0.15) is 5.82 Å². The highest BCUT2D eigenvalue weighted by atomic mass is 15.2. The third-order valence-electron chi connectivity index (χ3n) is 5.30. The van der Waals surface area contributed by atoms with E-state index in [1.165, 1.54) is 37.1 Å². The van der Waals surface area contributed by atoms with Gasteiger partial charge in [-0.05, 0) is 38.3 Å². The Morgan fingerprint density at radius 2 is 2.00 bits per heavy atom. The van der Waals surface area contributed by atoms with Gasteiger partial charge in [0.2, 0.25) is 0 Å². The summed E-state index contributed by atoms with van der Waals surface area (Å²) in [6.45, 7) is 4.64. The maximum absolute atomic E-state index is 4.88. The van der Waals surface area contributed by atoms with Gasteiger partial charge in [-0.1, -0.05) is 12.1 Å². The average Bonchev–Trinajstić information content (AvgIpc) is 2.99. The molecule has 1 N–H and O–H groups in total. The van der Waals surface area contributed by atoms with Crippen LogP contribution in [0.1, 0.15) is 38.1 Å². The minimum absolute atomic E-state index is 0.378. The van der Waals surface area contributed by atoms with Crippen molar-refractivity contribution in [2.45, 2.75) is 44.3 Å². The molecule has 1 aromatic carbocycles. The van der Waals surface area contributed by atoms with Crippen molar-refractivity contribution in [2.24, 2.45) is 7.05 Å². The zero-order valence-corrected chi connectivity index (χ0v) is 12.9. The summed E-state index contributed by atoms with van der Waals surface area (Å²) in [5.74, 6) is 1.19. The predicted molar refractivity (Wildman–Crippen MR) is 85.3 cm³/mol. The van der Waals surface area contributed by atoms with Gasteiger partial charge >= 0.3 is 0 Å². The summed E-state index contributed by atoms with van der Waals surface area (Å²) >= 11 is 0. The number of imidazole rings is 1. The van der Waals surface area contributed by atoms with Gasteiger partial charge < -0.3 is 9.88 Å². The number of likely N-dealkylation sites (tertiary alicyclic amines) is 1. The molecule has 2 aliphatic heterocycles. The molecule has 2 aromatic rings. The second-order valence-corrected chi connectivity index (χ2v) is 6.62. The highest BCUT2D eigenvalue weighted by Gasteiger charge is 2.32. The van der Waals surface area contributed by atoms with Crippen LogP contribution in [0.25, 0.3) is 11.0 Å². The summed E-state index contributed by atoms with van der Waals surface area (Å²) in [4.78, 5) is 7.49. The molecule has 0 saturated carbocycles. The minimum atomic E-state index is 0.378. The molecule has 0 radical (unpaired) electrons. The summed E-state index contributed by atoms with van der Waals surface area (Å²) in [7, 11) is 2.14. The number of rotatable bonds is 2. The van der Waals surface area contributed by atoms with Crippen LogP contribution in [0.4, 0.5) is 0 Å². The van der Waals surface area contributed by atoms with Crippen LogP contribution >= 0.6 is 0 Å². The Morgan fingerprint density at radius 3 is 2.86 bits per heavy atom. The molecule has 4 heteroatoms. The van der Waals surface area contributed by atoms with Crippen molar-refractivity contribution < 1.29 is 0 Å². The number of nitrogens with one attached hydrogen (secondary N) is 1. The van der Waals surface area contributed by atoms with Crippen LogP contribution in [0.5, 0.6) is 0 Å². The molecule has 2 bridgehead atoms. The SMILES string of the molecule is CC(c1nc2ccccc2n1C)N1CCC2CCC(C1)N2. The highest BCUT2D eigenvalue weighted by Crippen LogP contribution is 2.28. The number of hydrogen-bond acceptors (Lipinski definition) is 3. The fourth-order valence-electron chi connectivity index (χ4n) is 4.02. The Morgan fingerprint density at radius 1 is 1.19 bits per heavy atom. The van der Waals surface area contributed by atoms with Crippen molar-refractivity contribution in [1.29, 1.82) is 0 Å². The summed E-state index contributed by atoms with van der Waals surface area (Å²) in [5, 5.41) is 3.76. The maximum Gasteiger partial charge on any atom is 0.126 e. The van der Waals surface area contributed by atoms with Crippen LogP contribution < -0.4 is 5.32 Å². The number of aryl methyl sites for hydroxylation is 1. The molecule has 3 unspecified atom stereocenters. The molecular weight excluding hydrogens is 260 g/mol. The first-order valence-electron chi connectivity index (χ1n) is 8.14. The Kier molecular flexibility index (Phi) is 3.23. The second-order valence-electron chi connectivity index (χ2n) is 6.62. The zero-order chi connectivity index (χ0) is 14.4. The molecule has 0 spiro atoms. The van der Waals surface area contributed by atoms with E-state index in [-0.39, 0.29) is 0 Å². The van der Waals surface area contributed by atoms with Crippen molar-refractivity contribution >= 4 is 11.0 Å². The van der Waals surface area contributed by atoms with Gasteiger partial charge in [-0.15, -0.1) is 0 Å². The summed E-state index contributed by atoms with van der Waals surface area (Å²) in [6.07, 6.45) is 3.96. The molecule has 2 fully saturated rings. The molecule has 21 heavy (non-hydrogen) atoms. The Hall–Kier alpha value is -1.39. The molecule has 4 rings (SSSR count). The molecule has 3 atom stereocenters. The summed E-state index contributed by atoms with van der Waals surface area (Å²) in [5.41, 5.74) is 2.34. The van der Waals surface area contributed by atoms with E-state index in [1.807, 2.05) is 0 Å². The Bertz CT molecular complexity index is 647. The Balaban J connectivity index is 1.63. The lowest BCUT2D eigenvalue weighted by Gasteiger charge is -2.29. The van der Waals surface area contributed by atoms with Crippen molar-refractivity contribution in [1.82, 2.24) is 19.8 Å². The Labute approximate surface area is 126 Å². The van der Waals surface area contributed by atoms with E-state index in [0.29, 0.717) is 12.1 Å². The van der Waals surface area contributed by atoms with Gasteiger partial charge in [0.15, 0.2) is 0 Å². The molecule has 0 amide bonds. The first kappa shape index (κ1) is 13.3. The van der Waals surface area contributed by atoms with E-state index in [4.69, 9.17) is 4.98 Å². The number of aromatic nitrogens is 2. The lowest BCUT2D eigenvalue weighted by Crippen LogP contribution is -2.37. The van der Waals surface area contributed by atoms with Crippen molar-refractivity contribution in [3.8, 4) is 0 Å². The van der Waals surface area contributed by atoms with Crippen LogP contribution in [-0.2, 0) is 7.05 Å². The van der Waals surface area contributed by atoms with E-state index in [0.717, 1.165) is 18.1 Å². The number of hydrogen-bond donors (Lipinski definition) is 1. The zero-order valence-electron chi connectivity index (χ0n) is 12.9. The molecule has 2 aliphatic rings. The largest absolute Gasteiger partial charge is 0.330 e. The van der Waals surface area contributed by atoms with E-state index >= 15 is 0 Å². The van der Waals surface area contributed by atoms with Crippen LogP contribution in [-0.4, -0.2) is 39.6 Å². The first-order chi connectivity index (χ1) is 10.2. The van der Waals surface area contributed by atoms with Crippen molar-refractivity contribution in [2.75, 3.05) is 13.1 Å². The number of para-hydroxylation sites is 2. The van der Waals surface area contributed by atoms with Gasteiger partial charge in [0, 0.05) is 32.2 Å². The monoisotopic (exact) mass is 284 g/mol. The fourth-order valence-corrected chi connectivity index (χ4v) is 4.02. The topological polar surface area (TPSA) is 33.1 Å². The van der Waals surface area contributed by atoms with Gasteiger partial charge in [0.25, 0.3) is 0 Å². The standard InChI is InChI=1S/C17H24N4/c1-12(21-10-9-13-7-8-14(11-21)18-13)17-19-15-5-3-4-6-16(15)20(17)2/h3-6,12-14,18H,7-11H2,1-2H3. The van der Waals surface area contributed by atoms with Crippen LogP contribution in [0.2, 0.25) is 0 Å². The molecule has 3 heterocycles. The van der Waals surface area contributed by atoms with E-state index < -0.39 is 0 Å². The average molecular weight is 284 g/mol. The van der Waals surface area contributed by atoms with Gasteiger partial charge in [-0.3, -0.25) is 4.90 Å². The third-order valence-corrected chi connectivity index (χ3v) is 5.30. The second kappa shape index (κ2) is 5.11. The first-order valence-corrected chi connectivity index (χ1v) is 8.14. The molecule has 1 aromatic heterocycles. The van der Waals surface area contributed by atoms with Gasteiger partial charge in [0.05, 0.1) is 17.1 Å². The van der Waals surface area contributed by atoms with Gasteiger partial charge in [-0.25, -0.2) is 4.98 Å². The maximum atomic E-state index is 4.88. The molecule has 4 nitrogen and oxygen atoms in total. The molecule has 0 aliphatic carbocycles. The highest BCUT2D eigenvalue weighted by molar-refractivity contribution is 5.75.